The fourth-order valence-corrected chi connectivity index (χ4v) is 2.06. The Bertz CT molecular complexity index is 619. The lowest BCUT2D eigenvalue weighted by Crippen LogP contribution is -1.78. The average molecular weight is 194 g/mol. The topological polar surface area (TPSA) is 15.8 Å². The van der Waals surface area contributed by atoms with Crippen LogP contribution in [0.25, 0.3) is 21.8 Å². The molecular weight excluding hydrogens is 182 g/mol. The second-order valence-corrected chi connectivity index (χ2v) is 3.80. The molecule has 0 saturated carbocycles. The summed E-state index contributed by atoms with van der Waals surface area (Å²) in [4.78, 5) is 3.42. The van der Waals surface area contributed by atoms with E-state index in [1.165, 1.54) is 27.4 Å². The van der Waals surface area contributed by atoms with Gasteiger partial charge < -0.3 is 4.98 Å². The van der Waals surface area contributed by atoms with E-state index in [0.29, 0.717) is 0 Å². The van der Waals surface area contributed by atoms with E-state index in [-0.39, 0.29) is 0 Å². The molecule has 1 heteroatoms. The smallest absolute Gasteiger partial charge is 0.0467 e. The first-order valence-electron chi connectivity index (χ1n) is 5.17. The van der Waals surface area contributed by atoms with Crippen molar-refractivity contribution in [3.05, 3.63) is 55.0 Å². The Balaban J connectivity index is 2.43. The molecule has 3 aromatic rings. The molecule has 0 aliphatic carbocycles. The molecule has 0 fully saturated rings. The first-order valence-corrected chi connectivity index (χ1v) is 5.17. The van der Waals surface area contributed by atoms with Crippen LogP contribution in [-0.4, -0.2) is 4.98 Å². The van der Waals surface area contributed by atoms with E-state index in [1.54, 1.807) is 0 Å². The van der Waals surface area contributed by atoms with Gasteiger partial charge in [-0.25, -0.2) is 0 Å². The Kier molecular flexibility index (Phi) is 1.78. The van der Waals surface area contributed by atoms with Crippen LogP contribution in [0.4, 0.5) is 0 Å². The number of para-hydroxylation sites is 1. The zero-order valence-electron chi connectivity index (χ0n) is 8.46. The minimum Gasteiger partial charge on any atom is -0.355 e. The van der Waals surface area contributed by atoms with Crippen molar-refractivity contribution in [2.75, 3.05) is 0 Å². The number of benzene rings is 2. The zero-order valence-corrected chi connectivity index (χ0v) is 8.46. The summed E-state index contributed by atoms with van der Waals surface area (Å²) in [5, 5.41) is 2.59. The molecule has 0 spiro atoms. The predicted molar refractivity (Wildman–Crippen MR) is 64.9 cm³/mol. The van der Waals surface area contributed by atoms with Crippen molar-refractivity contribution in [1.82, 2.24) is 4.98 Å². The number of aromatic nitrogens is 1. The van der Waals surface area contributed by atoms with Crippen molar-refractivity contribution in [2.24, 2.45) is 0 Å². The van der Waals surface area contributed by atoms with Gasteiger partial charge in [0.15, 0.2) is 0 Å². The molecule has 0 aliphatic rings. The van der Waals surface area contributed by atoms with Crippen molar-refractivity contribution < 1.29 is 0 Å². The van der Waals surface area contributed by atoms with E-state index >= 15 is 0 Å². The van der Waals surface area contributed by atoms with E-state index in [4.69, 9.17) is 0 Å². The van der Waals surface area contributed by atoms with Crippen molar-refractivity contribution in [1.29, 1.82) is 0 Å². The van der Waals surface area contributed by atoms with Crippen molar-refractivity contribution in [3.8, 4) is 0 Å². The highest BCUT2D eigenvalue weighted by atomic mass is 14.7. The van der Waals surface area contributed by atoms with Gasteiger partial charge in [0.2, 0.25) is 0 Å². The first kappa shape index (κ1) is 8.54. The molecule has 0 unspecified atom stereocenters. The Morgan fingerprint density at radius 3 is 2.60 bits per heavy atom. The third-order valence-electron chi connectivity index (χ3n) is 2.86. The summed E-state index contributed by atoms with van der Waals surface area (Å²) in [5.74, 6) is 0. The minimum atomic E-state index is 0.839. The molecule has 0 amide bonds. The van der Waals surface area contributed by atoms with Gasteiger partial charge >= 0.3 is 0 Å². The Morgan fingerprint density at radius 1 is 0.933 bits per heavy atom. The highest BCUT2D eigenvalue weighted by molar-refractivity contribution is 6.07. The maximum atomic E-state index is 3.90. The lowest BCUT2D eigenvalue weighted by molar-refractivity contribution is 1.28. The van der Waals surface area contributed by atoms with Crippen LogP contribution in [0.2, 0.25) is 0 Å². The van der Waals surface area contributed by atoms with Crippen LogP contribution >= 0.6 is 0 Å². The fourth-order valence-electron chi connectivity index (χ4n) is 2.06. The Morgan fingerprint density at radius 2 is 1.73 bits per heavy atom. The van der Waals surface area contributed by atoms with E-state index in [1.807, 2.05) is 0 Å². The van der Waals surface area contributed by atoms with E-state index in [9.17, 15) is 0 Å². The highest BCUT2D eigenvalue weighted by Gasteiger charge is 2.02. The molecule has 73 valence electrons. The molecule has 0 saturated heterocycles. The van der Waals surface area contributed by atoms with E-state index in [0.717, 1.165) is 6.42 Å². The molecule has 1 nitrogen and oxygen atoms in total. The lowest BCUT2D eigenvalue weighted by Gasteiger charge is -1.95. The number of aromatic amines is 1. The number of H-pyrrole nitrogens is 1. The highest BCUT2D eigenvalue weighted by Crippen LogP contribution is 2.25. The van der Waals surface area contributed by atoms with Crippen LogP contribution in [0.15, 0.2) is 42.5 Å². The zero-order chi connectivity index (χ0) is 10.3. The molecule has 1 aromatic heterocycles. The third kappa shape index (κ3) is 1.23. The van der Waals surface area contributed by atoms with Crippen LogP contribution in [0.5, 0.6) is 0 Å². The Hall–Kier alpha value is -1.76. The lowest BCUT2D eigenvalue weighted by atomic mass is 10.1. The maximum Gasteiger partial charge on any atom is 0.0467 e. The summed E-state index contributed by atoms with van der Waals surface area (Å²) in [7, 11) is 0. The van der Waals surface area contributed by atoms with Crippen LogP contribution in [0.1, 0.15) is 5.56 Å². The quantitative estimate of drug-likeness (QED) is 0.608. The molecular formula is C14H12N. The monoisotopic (exact) mass is 194 g/mol. The van der Waals surface area contributed by atoms with E-state index < -0.39 is 0 Å². The number of rotatable bonds is 1. The van der Waals surface area contributed by atoms with Gasteiger partial charge in [-0.2, -0.15) is 0 Å². The summed E-state index contributed by atoms with van der Waals surface area (Å²) in [6, 6.07) is 14.9. The largest absolute Gasteiger partial charge is 0.355 e. The summed E-state index contributed by atoms with van der Waals surface area (Å²) in [5.41, 5.74) is 3.68. The molecule has 0 aliphatic heterocycles. The minimum absolute atomic E-state index is 0.839. The number of nitrogens with one attached hydrogen (secondary N) is 1. The normalized spacial score (nSPS) is 11.3. The van der Waals surface area contributed by atoms with Crippen LogP contribution in [0, 0.1) is 6.92 Å². The number of hydrogen-bond acceptors (Lipinski definition) is 0. The SMILES string of the molecule is [CH2]Cc1ccc2c(c1)[nH]c1ccccc12. The first-order chi connectivity index (χ1) is 7.38. The molecule has 15 heavy (non-hydrogen) atoms. The summed E-state index contributed by atoms with van der Waals surface area (Å²) < 4.78 is 0. The fraction of sp³-hybridized carbons (Fsp3) is 0.0714. The van der Waals surface area contributed by atoms with Gasteiger partial charge in [0.05, 0.1) is 0 Å². The predicted octanol–water partition coefficient (Wildman–Crippen LogP) is 3.70. The summed E-state index contributed by atoms with van der Waals surface area (Å²) in [6.45, 7) is 3.90. The average Bonchev–Trinajstić information content (AvgIpc) is 2.66. The van der Waals surface area contributed by atoms with Crippen molar-refractivity contribution >= 4 is 21.8 Å². The van der Waals surface area contributed by atoms with Crippen molar-refractivity contribution in [2.45, 2.75) is 6.42 Å². The number of fused-ring (bicyclic) bond motifs is 3. The van der Waals surface area contributed by atoms with Gasteiger partial charge in [-0.1, -0.05) is 30.3 Å². The van der Waals surface area contributed by atoms with Crippen molar-refractivity contribution in [3.63, 3.8) is 0 Å². The molecule has 0 bridgehead atoms. The van der Waals surface area contributed by atoms with Crippen LogP contribution in [0.3, 0.4) is 0 Å². The summed E-state index contributed by atoms with van der Waals surface area (Å²) in [6.07, 6.45) is 0.839. The van der Waals surface area contributed by atoms with Gasteiger partial charge in [-0.3, -0.25) is 0 Å². The molecule has 0 atom stereocenters. The molecule has 1 heterocycles. The van der Waals surface area contributed by atoms with Crippen LogP contribution in [-0.2, 0) is 6.42 Å². The standard InChI is InChI=1S/C14H12N/c1-2-10-7-8-12-11-5-3-4-6-13(11)15-14(12)9-10/h3-9,15H,1-2H2. The molecule has 1 N–H and O–H groups in total. The Labute approximate surface area is 88.7 Å². The number of hydrogen-bond donors (Lipinski definition) is 1. The van der Waals surface area contributed by atoms with Gasteiger partial charge in [-0.05, 0) is 31.0 Å². The summed E-state index contributed by atoms with van der Waals surface area (Å²) >= 11 is 0. The maximum absolute atomic E-state index is 3.90. The van der Waals surface area contributed by atoms with E-state index in [2.05, 4.69) is 54.4 Å². The molecule has 2 aromatic carbocycles. The second kappa shape index (κ2) is 3.13. The van der Waals surface area contributed by atoms with Gasteiger partial charge in [0, 0.05) is 21.8 Å². The van der Waals surface area contributed by atoms with Crippen LogP contribution < -0.4 is 0 Å². The molecule has 1 radical (unpaired) electrons. The van der Waals surface area contributed by atoms with Gasteiger partial charge in [0.25, 0.3) is 0 Å². The van der Waals surface area contributed by atoms with Gasteiger partial charge in [-0.15, -0.1) is 0 Å². The third-order valence-corrected chi connectivity index (χ3v) is 2.86. The molecule has 3 rings (SSSR count). The second-order valence-electron chi connectivity index (χ2n) is 3.80. The van der Waals surface area contributed by atoms with Gasteiger partial charge in [0.1, 0.15) is 0 Å².